The van der Waals surface area contributed by atoms with Crippen molar-refractivity contribution in [3.05, 3.63) is 53.6 Å². The zero-order valence-corrected chi connectivity index (χ0v) is 17.6. The normalized spacial score (nSPS) is 18.2. The van der Waals surface area contributed by atoms with Gasteiger partial charge in [0.25, 0.3) is 15.9 Å². The van der Waals surface area contributed by atoms with Crippen LogP contribution in [-0.2, 0) is 19.9 Å². The van der Waals surface area contributed by atoms with Gasteiger partial charge in [-0.2, -0.15) is 0 Å². The third kappa shape index (κ3) is 5.07. The van der Waals surface area contributed by atoms with Crippen LogP contribution in [-0.4, -0.2) is 47.4 Å². The number of hydrogen-bond donors (Lipinski definition) is 2. The number of ether oxygens (including phenoxy) is 1. The van der Waals surface area contributed by atoms with E-state index in [0.29, 0.717) is 23.4 Å². The summed E-state index contributed by atoms with van der Waals surface area (Å²) < 4.78 is 56.3. The van der Waals surface area contributed by atoms with E-state index in [1.807, 2.05) is 0 Å². The van der Waals surface area contributed by atoms with Crippen LogP contribution in [0, 0.1) is 6.92 Å². The molecule has 2 N–H and O–H groups in total. The zero-order chi connectivity index (χ0) is 21.2. The number of anilines is 1. The van der Waals surface area contributed by atoms with Crippen molar-refractivity contribution >= 4 is 31.5 Å². The molecule has 0 spiro atoms. The molecule has 2 aromatic carbocycles. The number of sulfonamides is 1. The van der Waals surface area contributed by atoms with E-state index < -0.39 is 31.8 Å². The minimum Gasteiger partial charge on any atom is -0.497 e. The van der Waals surface area contributed by atoms with E-state index in [0.717, 1.165) is 0 Å². The number of benzene rings is 2. The van der Waals surface area contributed by atoms with E-state index >= 15 is 0 Å². The Labute approximate surface area is 170 Å². The lowest BCUT2D eigenvalue weighted by atomic mass is 10.1. The molecule has 10 heteroatoms. The Kier molecular flexibility index (Phi) is 5.85. The quantitative estimate of drug-likeness (QED) is 0.709. The molecule has 0 saturated carbocycles. The lowest BCUT2D eigenvalue weighted by Crippen LogP contribution is -2.35. The van der Waals surface area contributed by atoms with E-state index in [2.05, 4.69) is 10.0 Å². The summed E-state index contributed by atoms with van der Waals surface area (Å²) in [5, 5.41) is 2.66. The van der Waals surface area contributed by atoms with Gasteiger partial charge in [0.05, 0.1) is 23.5 Å². The molecule has 1 atom stereocenters. The number of amides is 1. The highest BCUT2D eigenvalue weighted by molar-refractivity contribution is 7.92. The van der Waals surface area contributed by atoms with Crippen LogP contribution in [0.1, 0.15) is 22.3 Å². The summed E-state index contributed by atoms with van der Waals surface area (Å²) in [6.45, 7) is 1.63. The summed E-state index contributed by atoms with van der Waals surface area (Å²) >= 11 is 0. The smallest absolute Gasteiger partial charge is 0.262 e. The molecule has 1 saturated heterocycles. The fourth-order valence-electron chi connectivity index (χ4n) is 3.08. The number of rotatable bonds is 6. The largest absolute Gasteiger partial charge is 0.497 e. The van der Waals surface area contributed by atoms with E-state index in [9.17, 15) is 21.6 Å². The summed E-state index contributed by atoms with van der Waals surface area (Å²) in [5.74, 6) is 0.0242. The van der Waals surface area contributed by atoms with Gasteiger partial charge in [0.2, 0.25) is 0 Å². The molecule has 8 nitrogen and oxygen atoms in total. The van der Waals surface area contributed by atoms with Gasteiger partial charge in [-0.05, 0) is 55.3 Å². The first-order valence-electron chi connectivity index (χ1n) is 8.88. The number of methoxy groups -OCH3 is 1. The van der Waals surface area contributed by atoms with Crippen molar-refractivity contribution in [2.45, 2.75) is 24.3 Å². The average Bonchev–Trinajstić information content (AvgIpc) is 3.00. The molecule has 1 heterocycles. The Balaban J connectivity index is 1.80. The molecular weight excluding hydrogens is 416 g/mol. The third-order valence-corrected chi connectivity index (χ3v) is 7.94. The average molecular weight is 439 g/mol. The summed E-state index contributed by atoms with van der Waals surface area (Å²) in [6.07, 6.45) is 0.351. The number of sulfone groups is 1. The second kappa shape index (κ2) is 8.03. The first-order valence-corrected chi connectivity index (χ1v) is 12.2. The maximum absolute atomic E-state index is 12.8. The molecule has 0 aromatic heterocycles. The second-order valence-corrected chi connectivity index (χ2v) is 10.8. The Morgan fingerprint density at radius 1 is 1.14 bits per heavy atom. The van der Waals surface area contributed by atoms with Crippen molar-refractivity contribution in [3.8, 4) is 5.75 Å². The van der Waals surface area contributed by atoms with Gasteiger partial charge in [0.1, 0.15) is 5.75 Å². The van der Waals surface area contributed by atoms with Crippen LogP contribution in [0.3, 0.4) is 0 Å². The van der Waals surface area contributed by atoms with Crippen LogP contribution in [0.2, 0.25) is 0 Å². The van der Waals surface area contributed by atoms with Gasteiger partial charge in [-0.25, -0.2) is 16.8 Å². The van der Waals surface area contributed by atoms with Crippen molar-refractivity contribution in [2.75, 3.05) is 23.3 Å². The maximum Gasteiger partial charge on any atom is 0.262 e. The Morgan fingerprint density at radius 3 is 2.41 bits per heavy atom. The van der Waals surface area contributed by atoms with Crippen LogP contribution < -0.4 is 14.8 Å². The fourth-order valence-corrected chi connectivity index (χ4v) is 6.08. The minimum absolute atomic E-state index is 0.0278. The lowest BCUT2D eigenvalue weighted by molar-refractivity contribution is 0.0941. The van der Waals surface area contributed by atoms with Gasteiger partial charge in [-0.3, -0.25) is 9.52 Å². The van der Waals surface area contributed by atoms with E-state index in [4.69, 9.17) is 4.74 Å². The molecule has 0 unspecified atom stereocenters. The molecule has 2 aromatic rings. The molecule has 156 valence electrons. The lowest BCUT2D eigenvalue weighted by Gasteiger charge is -2.14. The number of aryl methyl sites for hydroxylation is 1. The molecular formula is C19H22N2O6S2. The molecule has 1 fully saturated rings. The predicted molar refractivity (Wildman–Crippen MR) is 110 cm³/mol. The highest BCUT2D eigenvalue weighted by Crippen LogP contribution is 2.23. The number of nitrogens with one attached hydrogen (secondary N) is 2. The van der Waals surface area contributed by atoms with Gasteiger partial charge in [0.15, 0.2) is 9.84 Å². The van der Waals surface area contributed by atoms with Crippen LogP contribution >= 0.6 is 0 Å². The predicted octanol–water partition coefficient (Wildman–Crippen LogP) is 1.72. The second-order valence-electron chi connectivity index (χ2n) is 6.89. The molecule has 29 heavy (non-hydrogen) atoms. The van der Waals surface area contributed by atoms with Crippen molar-refractivity contribution < 1.29 is 26.4 Å². The molecule has 0 aliphatic carbocycles. The van der Waals surface area contributed by atoms with Crippen molar-refractivity contribution in [1.82, 2.24) is 5.32 Å². The SMILES string of the molecule is COc1ccc(NS(=O)(=O)c2cc(C(=O)N[C@@H]3CCS(=O)(=O)C3)ccc2C)cc1. The van der Waals surface area contributed by atoms with Gasteiger partial charge in [0, 0.05) is 17.3 Å². The Bertz CT molecular complexity index is 1130. The van der Waals surface area contributed by atoms with E-state index in [1.54, 1.807) is 37.3 Å². The standard InChI is InChI=1S/C19H22N2O6S2/c1-13-3-4-14(19(22)20-16-9-10-28(23,24)12-16)11-18(13)29(25,26)21-15-5-7-17(27-2)8-6-15/h3-8,11,16,21H,9-10,12H2,1-2H3,(H,20,22)/t16-/m1/s1. The van der Waals surface area contributed by atoms with Crippen molar-refractivity contribution in [1.29, 1.82) is 0 Å². The summed E-state index contributed by atoms with van der Waals surface area (Å²) in [5.41, 5.74) is 0.984. The number of carbonyl (C=O) groups is 1. The van der Waals surface area contributed by atoms with Crippen molar-refractivity contribution in [3.63, 3.8) is 0 Å². The summed E-state index contributed by atoms with van der Waals surface area (Å²) in [4.78, 5) is 12.5. The van der Waals surface area contributed by atoms with Gasteiger partial charge >= 0.3 is 0 Å². The number of carbonyl (C=O) groups excluding carboxylic acids is 1. The van der Waals surface area contributed by atoms with Gasteiger partial charge in [-0.15, -0.1) is 0 Å². The summed E-state index contributed by atoms with van der Waals surface area (Å²) in [6, 6.07) is 10.3. The van der Waals surface area contributed by atoms with Crippen molar-refractivity contribution in [2.24, 2.45) is 0 Å². The van der Waals surface area contributed by atoms with Crippen LogP contribution in [0.25, 0.3) is 0 Å². The minimum atomic E-state index is -3.93. The summed E-state index contributed by atoms with van der Waals surface area (Å²) in [7, 11) is -5.55. The fraction of sp³-hybridized carbons (Fsp3) is 0.316. The van der Waals surface area contributed by atoms with Crippen LogP contribution in [0.15, 0.2) is 47.4 Å². The highest BCUT2D eigenvalue weighted by Gasteiger charge is 2.29. The molecule has 1 aliphatic rings. The molecule has 1 amide bonds. The zero-order valence-electron chi connectivity index (χ0n) is 16.0. The first-order chi connectivity index (χ1) is 13.6. The molecule has 1 aliphatic heterocycles. The molecule has 0 radical (unpaired) electrons. The van der Waals surface area contributed by atoms with Crippen LogP contribution in [0.5, 0.6) is 5.75 Å². The molecule has 0 bridgehead atoms. The van der Waals surface area contributed by atoms with Gasteiger partial charge < -0.3 is 10.1 Å². The Morgan fingerprint density at radius 2 is 1.83 bits per heavy atom. The topological polar surface area (TPSA) is 119 Å². The maximum atomic E-state index is 12.8. The van der Waals surface area contributed by atoms with E-state index in [-0.39, 0.29) is 22.0 Å². The van der Waals surface area contributed by atoms with Crippen LogP contribution in [0.4, 0.5) is 5.69 Å². The third-order valence-electron chi connectivity index (χ3n) is 4.65. The number of hydrogen-bond acceptors (Lipinski definition) is 6. The monoisotopic (exact) mass is 438 g/mol. The highest BCUT2D eigenvalue weighted by atomic mass is 32.2. The van der Waals surface area contributed by atoms with Gasteiger partial charge in [-0.1, -0.05) is 6.07 Å². The molecule has 3 rings (SSSR count). The Hall–Kier alpha value is -2.59. The first kappa shape index (κ1) is 21.1. The van der Waals surface area contributed by atoms with E-state index in [1.165, 1.54) is 19.2 Å².